The number of anilines is 2. The fourth-order valence-corrected chi connectivity index (χ4v) is 3.08. The predicted molar refractivity (Wildman–Crippen MR) is 82.4 cm³/mol. The van der Waals surface area contributed by atoms with Crippen LogP contribution < -0.4 is 14.8 Å². The Labute approximate surface area is 129 Å². The molecule has 20 heavy (non-hydrogen) atoms. The molecule has 1 aliphatic rings. The molecule has 1 fully saturated rings. The Hall–Kier alpha value is -1.34. The van der Waals surface area contributed by atoms with Gasteiger partial charge in [-0.15, -0.1) is 0 Å². The van der Waals surface area contributed by atoms with Gasteiger partial charge >= 0.3 is 0 Å². The van der Waals surface area contributed by atoms with Crippen LogP contribution in [-0.4, -0.2) is 23.6 Å². The molecule has 1 aliphatic carbocycles. The van der Waals surface area contributed by atoms with Crippen LogP contribution in [0.1, 0.15) is 24.6 Å². The maximum atomic E-state index is 5.32. The number of hydrogen-bond acceptors (Lipinski definition) is 6. The molecule has 0 unspecified atom stereocenters. The highest BCUT2D eigenvalue weighted by molar-refractivity contribution is 9.10. The van der Waals surface area contributed by atoms with E-state index in [4.69, 9.17) is 9.47 Å². The molecule has 1 heterocycles. The van der Waals surface area contributed by atoms with Crippen molar-refractivity contribution in [3.63, 3.8) is 0 Å². The van der Waals surface area contributed by atoms with Crippen molar-refractivity contribution in [2.75, 3.05) is 19.5 Å². The molecule has 1 aromatic heterocycles. The zero-order valence-corrected chi connectivity index (χ0v) is 13.5. The van der Waals surface area contributed by atoms with E-state index in [2.05, 4.69) is 30.6 Å². The number of nitrogens with zero attached hydrogens (tertiary/aromatic N) is 2. The van der Waals surface area contributed by atoms with Crippen LogP contribution in [0.5, 0.6) is 11.5 Å². The van der Waals surface area contributed by atoms with Crippen LogP contribution in [0.4, 0.5) is 10.8 Å². The molecule has 0 saturated heterocycles. The Balaban J connectivity index is 1.85. The number of aromatic nitrogens is 2. The SMILES string of the molecule is COc1cc(Nc2nc(C3CC3)ns2)cc(OC)c1Br. The van der Waals surface area contributed by atoms with Crippen molar-refractivity contribution >= 4 is 38.3 Å². The molecule has 0 bridgehead atoms. The largest absolute Gasteiger partial charge is 0.495 e. The van der Waals surface area contributed by atoms with Crippen molar-refractivity contribution in [1.29, 1.82) is 0 Å². The highest BCUT2D eigenvalue weighted by atomic mass is 79.9. The van der Waals surface area contributed by atoms with E-state index >= 15 is 0 Å². The van der Waals surface area contributed by atoms with Crippen LogP contribution in [0.3, 0.4) is 0 Å². The normalized spacial score (nSPS) is 14.2. The summed E-state index contributed by atoms with van der Waals surface area (Å²) in [5.74, 6) is 2.93. The predicted octanol–water partition coefficient (Wildman–Crippen LogP) is 3.94. The van der Waals surface area contributed by atoms with Gasteiger partial charge in [0.1, 0.15) is 21.8 Å². The van der Waals surface area contributed by atoms with Gasteiger partial charge in [-0.3, -0.25) is 0 Å². The van der Waals surface area contributed by atoms with Crippen LogP contribution in [0, 0.1) is 0 Å². The quantitative estimate of drug-likeness (QED) is 0.880. The van der Waals surface area contributed by atoms with E-state index in [1.165, 1.54) is 24.4 Å². The van der Waals surface area contributed by atoms with Gasteiger partial charge in [0.2, 0.25) is 5.13 Å². The molecule has 0 atom stereocenters. The van der Waals surface area contributed by atoms with Crippen molar-refractivity contribution in [1.82, 2.24) is 9.36 Å². The van der Waals surface area contributed by atoms with Crippen molar-refractivity contribution in [3.05, 3.63) is 22.4 Å². The van der Waals surface area contributed by atoms with Gasteiger partial charge < -0.3 is 14.8 Å². The minimum atomic E-state index is 0.566. The summed E-state index contributed by atoms with van der Waals surface area (Å²) in [6.45, 7) is 0. The average molecular weight is 356 g/mol. The van der Waals surface area contributed by atoms with Crippen LogP contribution >= 0.6 is 27.5 Å². The number of nitrogens with one attached hydrogen (secondary N) is 1. The molecule has 1 N–H and O–H groups in total. The van der Waals surface area contributed by atoms with Gasteiger partial charge in [0.05, 0.1) is 14.2 Å². The molecular weight excluding hydrogens is 342 g/mol. The standard InChI is InChI=1S/C13H14BrN3O2S/c1-18-9-5-8(6-10(19-2)11(9)14)15-13-16-12(17-20-13)7-3-4-7/h5-7H,3-4H2,1-2H3,(H,15,16,17). The molecule has 5 nitrogen and oxygen atoms in total. The van der Waals surface area contributed by atoms with E-state index in [-0.39, 0.29) is 0 Å². The van der Waals surface area contributed by atoms with Crippen LogP contribution in [0.15, 0.2) is 16.6 Å². The van der Waals surface area contributed by atoms with Gasteiger partial charge in [-0.2, -0.15) is 4.37 Å². The molecule has 0 aliphatic heterocycles. The third-order valence-corrected chi connectivity index (χ3v) is 4.51. The summed E-state index contributed by atoms with van der Waals surface area (Å²) in [6.07, 6.45) is 2.41. The molecule has 2 aromatic rings. The topological polar surface area (TPSA) is 56.3 Å². The second-order valence-electron chi connectivity index (χ2n) is 4.55. The Morgan fingerprint density at radius 2 is 1.90 bits per heavy atom. The summed E-state index contributed by atoms with van der Waals surface area (Å²) < 4.78 is 15.8. The van der Waals surface area contributed by atoms with E-state index in [9.17, 15) is 0 Å². The van der Waals surface area contributed by atoms with Gasteiger partial charge in [0, 0.05) is 35.3 Å². The van der Waals surface area contributed by atoms with Crippen LogP contribution in [0.25, 0.3) is 0 Å². The minimum Gasteiger partial charge on any atom is -0.495 e. The lowest BCUT2D eigenvalue weighted by Crippen LogP contribution is -1.95. The second kappa shape index (κ2) is 5.57. The van der Waals surface area contributed by atoms with Gasteiger partial charge in [-0.25, -0.2) is 4.98 Å². The lowest BCUT2D eigenvalue weighted by Gasteiger charge is -2.11. The lowest BCUT2D eigenvalue weighted by atomic mass is 10.3. The molecule has 106 valence electrons. The Morgan fingerprint density at radius 1 is 1.25 bits per heavy atom. The highest BCUT2D eigenvalue weighted by Gasteiger charge is 2.27. The molecule has 1 aromatic carbocycles. The van der Waals surface area contributed by atoms with Gasteiger partial charge in [-0.1, -0.05) is 0 Å². The summed E-state index contributed by atoms with van der Waals surface area (Å²) in [5.41, 5.74) is 0.861. The zero-order chi connectivity index (χ0) is 14.1. The third kappa shape index (κ3) is 2.73. The molecule has 7 heteroatoms. The van der Waals surface area contributed by atoms with E-state index in [0.717, 1.165) is 21.1 Å². The number of ether oxygens (including phenoxy) is 2. The van der Waals surface area contributed by atoms with E-state index in [0.29, 0.717) is 17.4 Å². The van der Waals surface area contributed by atoms with E-state index < -0.39 is 0 Å². The fraction of sp³-hybridized carbons (Fsp3) is 0.385. The number of rotatable bonds is 5. The maximum Gasteiger partial charge on any atom is 0.207 e. The molecule has 0 amide bonds. The fourth-order valence-electron chi connectivity index (χ4n) is 1.86. The van der Waals surface area contributed by atoms with Crippen molar-refractivity contribution in [2.45, 2.75) is 18.8 Å². The zero-order valence-electron chi connectivity index (χ0n) is 11.1. The van der Waals surface area contributed by atoms with Gasteiger partial charge in [0.15, 0.2) is 0 Å². The number of methoxy groups -OCH3 is 2. The molecule has 0 spiro atoms. The lowest BCUT2D eigenvalue weighted by molar-refractivity contribution is 0.390. The van der Waals surface area contributed by atoms with Crippen LogP contribution in [0.2, 0.25) is 0 Å². The monoisotopic (exact) mass is 355 g/mol. The summed E-state index contributed by atoms with van der Waals surface area (Å²) in [6, 6.07) is 3.79. The number of benzene rings is 1. The first-order valence-electron chi connectivity index (χ1n) is 6.23. The first-order valence-corrected chi connectivity index (χ1v) is 7.80. The summed E-state index contributed by atoms with van der Waals surface area (Å²) in [7, 11) is 3.25. The first kappa shape index (κ1) is 13.6. The Morgan fingerprint density at radius 3 is 2.45 bits per heavy atom. The van der Waals surface area contributed by atoms with Crippen LogP contribution in [-0.2, 0) is 0 Å². The van der Waals surface area contributed by atoms with Crippen molar-refractivity contribution in [2.24, 2.45) is 0 Å². The molecule has 3 rings (SSSR count). The summed E-state index contributed by atoms with van der Waals surface area (Å²) in [5, 5.41) is 4.04. The number of halogens is 1. The third-order valence-electron chi connectivity index (χ3n) is 3.08. The summed E-state index contributed by atoms with van der Waals surface area (Å²) in [4.78, 5) is 4.50. The Kier molecular flexibility index (Phi) is 3.80. The molecular formula is C13H14BrN3O2S. The van der Waals surface area contributed by atoms with Gasteiger partial charge in [0.25, 0.3) is 0 Å². The second-order valence-corrected chi connectivity index (χ2v) is 6.10. The number of hydrogen-bond donors (Lipinski definition) is 1. The molecule has 1 saturated carbocycles. The highest BCUT2D eigenvalue weighted by Crippen LogP contribution is 2.41. The molecule has 0 radical (unpaired) electrons. The van der Waals surface area contributed by atoms with E-state index in [1.54, 1.807) is 14.2 Å². The van der Waals surface area contributed by atoms with Crippen molar-refractivity contribution < 1.29 is 9.47 Å². The maximum absolute atomic E-state index is 5.32. The van der Waals surface area contributed by atoms with Gasteiger partial charge in [-0.05, 0) is 28.8 Å². The first-order chi connectivity index (χ1) is 9.71. The Bertz CT molecular complexity index is 603. The van der Waals surface area contributed by atoms with Crippen molar-refractivity contribution in [3.8, 4) is 11.5 Å². The smallest absolute Gasteiger partial charge is 0.207 e. The summed E-state index contributed by atoms with van der Waals surface area (Å²) >= 11 is 4.83. The average Bonchev–Trinajstić information content (AvgIpc) is 3.21. The minimum absolute atomic E-state index is 0.566. The van der Waals surface area contributed by atoms with E-state index in [1.807, 2.05) is 12.1 Å².